The molecule has 3 rings (SSSR count). The molecule has 112 valence electrons. The molecule has 0 amide bonds. The maximum atomic E-state index is 6.17. The van der Waals surface area contributed by atoms with Gasteiger partial charge in [-0.2, -0.15) is 0 Å². The number of hydrogen-bond acceptors (Lipinski definition) is 4. The average molecular weight is 308 g/mol. The molecule has 6 heteroatoms. The fourth-order valence-electron chi connectivity index (χ4n) is 2.73. The fourth-order valence-corrected chi connectivity index (χ4v) is 2.96. The third kappa shape index (κ3) is 2.59. The van der Waals surface area contributed by atoms with Gasteiger partial charge in [-0.25, -0.2) is 4.98 Å². The summed E-state index contributed by atoms with van der Waals surface area (Å²) in [6.45, 7) is 1.04. The summed E-state index contributed by atoms with van der Waals surface area (Å²) in [7, 11) is 3.23. The summed E-state index contributed by atoms with van der Waals surface area (Å²) in [4.78, 5) is 4.29. The number of methoxy groups -OCH3 is 2. The van der Waals surface area contributed by atoms with E-state index >= 15 is 0 Å². The summed E-state index contributed by atoms with van der Waals surface area (Å²) in [5, 5.41) is 4.01. The molecule has 21 heavy (non-hydrogen) atoms. The van der Waals surface area contributed by atoms with Gasteiger partial charge in [0.1, 0.15) is 11.5 Å². The zero-order chi connectivity index (χ0) is 14.8. The Balaban J connectivity index is 2.09. The van der Waals surface area contributed by atoms with Crippen LogP contribution in [0.5, 0.6) is 11.5 Å². The highest BCUT2D eigenvalue weighted by Crippen LogP contribution is 2.36. The SMILES string of the molecule is COc1cc(-n2cncc2[C@@H]2CCCN2)c(OC)cc1Cl. The minimum Gasteiger partial charge on any atom is -0.495 e. The van der Waals surface area contributed by atoms with Gasteiger partial charge in [-0.15, -0.1) is 0 Å². The van der Waals surface area contributed by atoms with Crippen LogP contribution in [0.25, 0.3) is 5.69 Å². The van der Waals surface area contributed by atoms with E-state index in [-0.39, 0.29) is 0 Å². The molecule has 1 aliphatic rings. The van der Waals surface area contributed by atoms with E-state index in [9.17, 15) is 0 Å². The average Bonchev–Trinajstić information content (AvgIpc) is 3.17. The van der Waals surface area contributed by atoms with Crippen LogP contribution in [0.15, 0.2) is 24.7 Å². The van der Waals surface area contributed by atoms with Crippen LogP contribution in [0.3, 0.4) is 0 Å². The summed E-state index contributed by atoms with van der Waals surface area (Å²) >= 11 is 6.17. The Labute approximate surface area is 128 Å². The molecule has 1 aliphatic heterocycles. The van der Waals surface area contributed by atoms with Gasteiger partial charge >= 0.3 is 0 Å². The van der Waals surface area contributed by atoms with E-state index in [2.05, 4.69) is 10.3 Å². The van der Waals surface area contributed by atoms with Gasteiger partial charge in [0, 0.05) is 18.2 Å². The number of hydrogen-bond donors (Lipinski definition) is 1. The topological polar surface area (TPSA) is 48.3 Å². The van der Waals surface area contributed by atoms with Crippen molar-refractivity contribution in [3.05, 3.63) is 35.4 Å². The number of rotatable bonds is 4. The van der Waals surface area contributed by atoms with Gasteiger partial charge < -0.3 is 14.8 Å². The number of ether oxygens (including phenoxy) is 2. The van der Waals surface area contributed by atoms with Gasteiger partial charge in [0.05, 0.1) is 43.1 Å². The highest BCUT2D eigenvalue weighted by molar-refractivity contribution is 6.32. The maximum absolute atomic E-state index is 6.17. The third-order valence-electron chi connectivity index (χ3n) is 3.80. The van der Waals surface area contributed by atoms with Crippen molar-refractivity contribution in [2.45, 2.75) is 18.9 Å². The normalized spacial score (nSPS) is 18.0. The van der Waals surface area contributed by atoms with E-state index in [4.69, 9.17) is 21.1 Å². The number of imidazole rings is 1. The van der Waals surface area contributed by atoms with Gasteiger partial charge in [0.2, 0.25) is 0 Å². The molecule has 5 nitrogen and oxygen atoms in total. The highest BCUT2D eigenvalue weighted by Gasteiger charge is 2.22. The lowest BCUT2D eigenvalue weighted by Gasteiger charge is -2.17. The molecule has 2 heterocycles. The van der Waals surface area contributed by atoms with Crippen molar-refractivity contribution >= 4 is 11.6 Å². The van der Waals surface area contributed by atoms with E-state index in [0.717, 1.165) is 24.3 Å². The Kier molecular flexibility index (Phi) is 4.03. The molecule has 1 N–H and O–H groups in total. The number of aromatic nitrogens is 2. The molecule has 0 saturated carbocycles. The monoisotopic (exact) mass is 307 g/mol. The minimum atomic E-state index is 0.318. The van der Waals surface area contributed by atoms with Crippen LogP contribution in [-0.4, -0.2) is 30.3 Å². The van der Waals surface area contributed by atoms with Crippen molar-refractivity contribution in [2.75, 3.05) is 20.8 Å². The van der Waals surface area contributed by atoms with Crippen molar-refractivity contribution in [3.63, 3.8) is 0 Å². The summed E-state index contributed by atoms with van der Waals surface area (Å²) < 4.78 is 12.8. The van der Waals surface area contributed by atoms with Crippen LogP contribution in [0.1, 0.15) is 24.6 Å². The van der Waals surface area contributed by atoms with Crippen molar-refractivity contribution in [3.8, 4) is 17.2 Å². The lowest BCUT2D eigenvalue weighted by atomic mass is 10.1. The number of nitrogens with one attached hydrogen (secondary N) is 1. The van der Waals surface area contributed by atoms with Crippen molar-refractivity contribution in [1.82, 2.24) is 14.9 Å². The van der Waals surface area contributed by atoms with Crippen LogP contribution in [0, 0.1) is 0 Å². The third-order valence-corrected chi connectivity index (χ3v) is 4.09. The second-order valence-corrected chi connectivity index (χ2v) is 5.40. The molecule has 1 fully saturated rings. The van der Waals surface area contributed by atoms with E-state index in [1.165, 1.54) is 6.42 Å². The summed E-state index contributed by atoms with van der Waals surface area (Å²) in [5.41, 5.74) is 2.00. The Morgan fingerprint density at radius 1 is 1.29 bits per heavy atom. The molecule has 1 aromatic carbocycles. The second-order valence-electron chi connectivity index (χ2n) is 5.00. The van der Waals surface area contributed by atoms with Crippen molar-refractivity contribution < 1.29 is 9.47 Å². The molecule has 1 aromatic heterocycles. The standard InChI is InChI=1S/C15H18ClN3O2/c1-20-14-7-12(15(21-2)6-10(14)16)19-9-17-8-13(19)11-4-3-5-18-11/h6-9,11,18H,3-5H2,1-2H3/t11-/m0/s1. The quantitative estimate of drug-likeness (QED) is 0.943. The van der Waals surface area contributed by atoms with Crippen LogP contribution < -0.4 is 14.8 Å². The van der Waals surface area contributed by atoms with Crippen molar-refractivity contribution in [1.29, 1.82) is 0 Å². The fraction of sp³-hybridized carbons (Fsp3) is 0.400. The smallest absolute Gasteiger partial charge is 0.144 e. The minimum absolute atomic E-state index is 0.318. The lowest BCUT2D eigenvalue weighted by molar-refractivity contribution is 0.401. The first kappa shape index (κ1) is 14.2. The lowest BCUT2D eigenvalue weighted by Crippen LogP contribution is -2.16. The molecule has 0 bridgehead atoms. The van der Waals surface area contributed by atoms with Gasteiger partial charge in [0.25, 0.3) is 0 Å². The molecule has 0 spiro atoms. The maximum Gasteiger partial charge on any atom is 0.144 e. The molecule has 1 saturated heterocycles. The largest absolute Gasteiger partial charge is 0.495 e. The zero-order valence-electron chi connectivity index (χ0n) is 12.1. The van der Waals surface area contributed by atoms with E-state index in [1.54, 1.807) is 26.6 Å². The summed E-state index contributed by atoms with van der Waals surface area (Å²) in [6, 6.07) is 3.96. The molecule has 1 atom stereocenters. The van der Waals surface area contributed by atoms with E-state index in [1.807, 2.05) is 16.8 Å². The Hall–Kier alpha value is -1.72. The highest BCUT2D eigenvalue weighted by atomic mass is 35.5. The molecular weight excluding hydrogens is 290 g/mol. The Bertz CT molecular complexity index is 636. The van der Waals surface area contributed by atoms with Crippen molar-refractivity contribution in [2.24, 2.45) is 0 Å². The predicted octanol–water partition coefficient (Wildman–Crippen LogP) is 2.97. The first-order chi connectivity index (χ1) is 10.2. The van der Waals surface area contributed by atoms with Crippen LogP contribution in [0.4, 0.5) is 0 Å². The molecule has 0 aliphatic carbocycles. The molecular formula is C15H18ClN3O2. The Morgan fingerprint density at radius 3 is 2.76 bits per heavy atom. The Morgan fingerprint density at radius 2 is 2.10 bits per heavy atom. The van der Waals surface area contributed by atoms with E-state index < -0.39 is 0 Å². The first-order valence-corrected chi connectivity index (χ1v) is 7.30. The van der Waals surface area contributed by atoms with Crippen LogP contribution in [-0.2, 0) is 0 Å². The number of benzene rings is 1. The second kappa shape index (κ2) is 5.95. The van der Waals surface area contributed by atoms with Gasteiger partial charge in [0.15, 0.2) is 0 Å². The van der Waals surface area contributed by atoms with E-state index in [0.29, 0.717) is 22.6 Å². The predicted molar refractivity (Wildman–Crippen MR) is 81.7 cm³/mol. The molecule has 2 aromatic rings. The molecule has 0 radical (unpaired) electrons. The number of halogens is 1. The van der Waals surface area contributed by atoms with Crippen LogP contribution >= 0.6 is 11.6 Å². The first-order valence-electron chi connectivity index (χ1n) is 6.92. The van der Waals surface area contributed by atoms with Gasteiger partial charge in [-0.05, 0) is 19.4 Å². The summed E-state index contributed by atoms with van der Waals surface area (Å²) in [6.07, 6.45) is 5.97. The summed E-state index contributed by atoms with van der Waals surface area (Å²) in [5.74, 6) is 1.31. The number of nitrogens with zero attached hydrogens (tertiary/aromatic N) is 2. The zero-order valence-corrected chi connectivity index (χ0v) is 12.9. The van der Waals surface area contributed by atoms with Gasteiger partial charge in [-0.1, -0.05) is 11.6 Å². The van der Waals surface area contributed by atoms with Crippen LogP contribution in [0.2, 0.25) is 5.02 Å². The molecule has 0 unspecified atom stereocenters. The van der Waals surface area contributed by atoms with Gasteiger partial charge in [-0.3, -0.25) is 4.57 Å².